The molecule has 5 heteroatoms. The van der Waals surface area contributed by atoms with Gasteiger partial charge < -0.3 is 0 Å². The predicted molar refractivity (Wildman–Crippen MR) is 136 cm³/mol. The fourth-order valence-electron chi connectivity index (χ4n) is 5.13. The van der Waals surface area contributed by atoms with Crippen LogP contribution in [0.15, 0.2) is 95.7 Å². The fourth-order valence-corrected chi connectivity index (χ4v) is 7.30. The Morgan fingerprint density at radius 1 is 0.697 bits per heavy atom. The van der Waals surface area contributed by atoms with Gasteiger partial charge in [0.05, 0.1) is 0 Å². The molecule has 0 saturated carbocycles. The second-order valence-corrected chi connectivity index (χ2v) is 10.4. The summed E-state index contributed by atoms with van der Waals surface area (Å²) in [6.07, 6.45) is 3.57. The van der Waals surface area contributed by atoms with Gasteiger partial charge in [-0.3, -0.25) is 0 Å². The summed E-state index contributed by atoms with van der Waals surface area (Å²) < 4.78 is 11.2. The molecule has 33 heavy (non-hydrogen) atoms. The Morgan fingerprint density at radius 3 is 2.48 bits per heavy atom. The molecule has 0 radical (unpaired) electrons. The number of nitrogens with zero attached hydrogens (tertiary/aromatic N) is 3. The van der Waals surface area contributed by atoms with E-state index in [4.69, 9.17) is 4.42 Å². The Balaban J connectivity index is 1.52. The molecule has 0 N–H and O–H groups in total. The van der Waals surface area contributed by atoms with Crippen LogP contribution in [0.5, 0.6) is 0 Å². The number of hydrogen-bond acceptors (Lipinski definition) is 3. The van der Waals surface area contributed by atoms with Crippen molar-refractivity contribution < 1.29 is 4.42 Å². The van der Waals surface area contributed by atoms with Gasteiger partial charge in [0, 0.05) is 0 Å². The van der Waals surface area contributed by atoms with Gasteiger partial charge in [-0.25, -0.2) is 0 Å². The molecule has 4 heterocycles. The first kappa shape index (κ1) is 17.6. The van der Waals surface area contributed by atoms with Crippen molar-refractivity contribution >= 4 is 77.8 Å². The molecule has 0 unspecified atom stereocenters. The van der Waals surface area contributed by atoms with Crippen LogP contribution >= 0.6 is 0 Å². The number of aromatic nitrogens is 3. The van der Waals surface area contributed by atoms with Gasteiger partial charge in [0.1, 0.15) is 0 Å². The van der Waals surface area contributed by atoms with Crippen molar-refractivity contribution in [3.05, 3.63) is 91.3 Å². The summed E-state index contributed by atoms with van der Waals surface area (Å²) >= 11 is 0.166. The van der Waals surface area contributed by atoms with Gasteiger partial charge in [0.2, 0.25) is 0 Å². The van der Waals surface area contributed by atoms with Crippen LogP contribution in [0.3, 0.4) is 0 Å². The van der Waals surface area contributed by atoms with Gasteiger partial charge in [0.15, 0.2) is 0 Å². The van der Waals surface area contributed by atoms with Crippen molar-refractivity contribution in [2.24, 2.45) is 0 Å². The second kappa shape index (κ2) is 6.32. The molecule has 0 atom stereocenters. The number of rotatable bonds is 1. The van der Waals surface area contributed by atoms with E-state index in [0.717, 1.165) is 48.4 Å². The minimum atomic E-state index is 0.166. The van der Waals surface area contributed by atoms with Crippen LogP contribution in [0.25, 0.3) is 69.0 Å². The summed E-state index contributed by atoms with van der Waals surface area (Å²) in [6.45, 7) is 0. The average molecular weight is 488 g/mol. The van der Waals surface area contributed by atoms with Crippen molar-refractivity contribution in [3.8, 4) is 5.69 Å². The molecule has 4 aromatic carbocycles. The molecule has 0 aliphatic carbocycles. The van der Waals surface area contributed by atoms with Gasteiger partial charge in [-0.05, 0) is 0 Å². The zero-order valence-corrected chi connectivity index (χ0v) is 19.0. The molecule has 4 aromatic heterocycles. The number of benzene rings is 4. The van der Waals surface area contributed by atoms with E-state index in [1.165, 1.54) is 20.5 Å². The standard InChI is InChI=1S/C28H15N3OSe/c1-3-7-21-19(6-1)25-22(12-11-18-17-5-2-4-8-23(17)32-27(18)25)31(21)16-9-10-20-24(15-16)33-28-26(20)29-13-14-30-28/h1-15H. The summed E-state index contributed by atoms with van der Waals surface area (Å²) in [4.78, 5) is 9.15. The van der Waals surface area contributed by atoms with Crippen LogP contribution in [0.4, 0.5) is 0 Å². The topological polar surface area (TPSA) is 43.9 Å². The van der Waals surface area contributed by atoms with E-state index in [2.05, 4.69) is 81.3 Å². The summed E-state index contributed by atoms with van der Waals surface area (Å²) in [7, 11) is 0. The molecule has 154 valence electrons. The van der Waals surface area contributed by atoms with Crippen LogP contribution in [0.2, 0.25) is 0 Å². The van der Waals surface area contributed by atoms with E-state index in [0.29, 0.717) is 0 Å². The van der Waals surface area contributed by atoms with E-state index < -0.39 is 0 Å². The zero-order valence-electron chi connectivity index (χ0n) is 17.3. The molecule has 0 fully saturated rings. The molecule has 0 aliphatic heterocycles. The molecular weight excluding hydrogens is 473 g/mol. The van der Waals surface area contributed by atoms with Crippen molar-refractivity contribution in [1.29, 1.82) is 0 Å². The van der Waals surface area contributed by atoms with E-state index in [1.807, 2.05) is 12.1 Å². The molecule has 0 amide bonds. The first-order valence-electron chi connectivity index (χ1n) is 10.8. The Hall–Kier alpha value is -3.92. The van der Waals surface area contributed by atoms with Gasteiger partial charge in [0.25, 0.3) is 0 Å². The van der Waals surface area contributed by atoms with E-state index in [1.54, 1.807) is 12.4 Å². The number of fused-ring (bicyclic) bond motifs is 10. The Labute approximate surface area is 193 Å². The molecule has 0 bridgehead atoms. The monoisotopic (exact) mass is 489 g/mol. The number of para-hydroxylation sites is 2. The molecule has 0 aliphatic rings. The van der Waals surface area contributed by atoms with Crippen LogP contribution in [0, 0.1) is 0 Å². The average Bonchev–Trinajstić information content (AvgIpc) is 3.52. The van der Waals surface area contributed by atoms with Crippen molar-refractivity contribution in [3.63, 3.8) is 0 Å². The number of furan rings is 1. The normalized spacial score (nSPS) is 12.2. The Bertz CT molecular complexity index is 2040. The molecular formula is C28H15N3OSe. The molecule has 8 rings (SSSR count). The minimum absolute atomic E-state index is 0.166. The first-order valence-corrected chi connectivity index (χ1v) is 12.6. The van der Waals surface area contributed by atoms with Gasteiger partial charge >= 0.3 is 194 Å². The molecule has 0 saturated heterocycles. The van der Waals surface area contributed by atoms with Gasteiger partial charge in [-0.1, -0.05) is 0 Å². The molecule has 8 aromatic rings. The first-order chi connectivity index (χ1) is 16.4. The fraction of sp³-hybridized carbons (Fsp3) is 0. The third-order valence-corrected chi connectivity index (χ3v) is 8.73. The van der Waals surface area contributed by atoms with Crippen molar-refractivity contribution in [1.82, 2.24) is 14.5 Å². The zero-order chi connectivity index (χ0) is 21.5. The second-order valence-electron chi connectivity index (χ2n) is 8.28. The van der Waals surface area contributed by atoms with E-state index >= 15 is 0 Å². The summed E-state index contributed by atoms with van der Waals surface area (Å²) in [6, 6.07) is 28.0. The SMILES string of the molecule is c1ccc2c(c1)oc1c2ccc2c1c1ccccc1n2-c1ccc2c(c1)[se]c1nccnc12. The van der Waals surface area contributed by atoms with Crippen LogP contribution in [-0.2, 0) is 0 Å². The van der Waals surface area contributed by atoms with Crippen LogP contribution in [-0.4, -0.2) is 29.0 Å². The van der Waals surface area contributed by atoms with Crippen LogP contribution < -0.4 is 0 Å². The Morgan fingerprint density at radius 2 is 1.52 bits per heavy atom. The van der Waals surface area contributed by atoms with Gasteiger partial charge in [-0.15, -0.1) is 0 Å². The summed E-state index contributed by atoms with van der Waals surface area (Å²) in [5.74, 6) is 0. The van der Waals surface area contributed by atoms with E-state index in [-0.39, 0.29) is 14.5 Å². The molecule has 0 spiro atoms. The molecule has 4 nitrogen and oxygen atoms in total. The Kier molecular flexibility index (Phi) is 3.37. The quantitative estimate of drug-likeness (QED) is 0.238. The summed E-state index contributed by atoms with van der Waals surface area (Å²) in [5, 5.41) is 5.89. The van der Waals surface area contributed by atoms with Crippen molar-refractivity contribution in [2.75, 3.05) is 0 Å². The van der Waals surface area contributed by atoms with Crippen molar-refractivity contribution in [2.45, 2.75) is 0 Å². The summed E-state index contributed by atoms with van der Waals surface area (Å²) in [5.41, 5.74) is 6.40. The maximum atomic E-state index is 6.41. The predicted octanol–water partition coefficient (Wildman–Crippen LogP) is 6.84. The third-order valence-electron chi connectivity index (χ3n) is 6.53. The number of hydrogen-bond donors (Lipinski definition) is 0. The van der Waals surface area contributed by atoms with Crippen LogP contribution in [0.1, 0.15) is 0 Å². The third kappa shape index (κ3) is 2.30. The maximum absolute atomic E-state index is 6.41. The van der Waals surface area contributed by atoms with Gasteiger partial charge in [-0.2, -0.15) is 0 Å². The van der Waals surface area contributed by atoms with E-state index in [9.17, 15) is 0 Å².